The first-order chi connectivity index (χ1) is 6.45. The second kappa shape index (κ2) is 3.96. The highest BCUT2D eigenvalue weighted by Crippen LogP contribution is 2.31. The van der Waals surface area contributed by atoms with Gasteiger partial charge in [0.1, 0.15) is 0 Å². The lowest BCUT2D eigenvalue weighted by Crippen LogP contribution is -2.47. The molecule has 80 valence electrons. The van der Waals surface area contributed by atoms with Gasteiger partial charge in [-0.2, -0.15) is 0 Å². The Labute approximate surface area is 81.7 Å². The molecule has 14 heavy (non-hydrogen) atoms. The summed E-state index contributed by atoms with van der Waals surface area (Å²) in [6, 6.07) is 0. The molecule has 0 amide bonds. The number of hydrogen-bond acceptors (Lipinski definition) is 3. The van der Waals surface area contributed by atoms with Gasteiger partial charge < -0.3 is 14.9 Å². The van der Waals surface area contributed by atoms with Crippen LogP contribution < -0.4 is 0 Å². The largest absolute Gasteiger partial charge is 0.481 e. The van der Waals surface area contributed by atoms with Gasteiger partial charge in [0.15, 0.2) is 0 Å². The van der Waals surface area contributed by atoms with Gasteiger partial charge in [-0.25, -0.2) is 0 Å². The van der Waals surface area contributed by atoms with Crippen molar-refractivity contribution in [1.82, 2.24) is 0 Å². The van der Waals surface area contributed by atoms with Crippen LogP contribution in [0.25, 0.3) is 0 Å². The first kappa shape index (κ1) is 11.0. The minimum absolute atomic E-state index is 0.259. The van der Waals surface area contributed by atoms with Crippen LogP contribution in [0.2, 0.25) is 0 Å². The summed E-state index contributed by atoms with van der Waals surface area (Å²) in [4.78, 5) is 21.8. The summed E-state index contributed by atoms with van der Waals surface area (Å²) >= 11 is 0. The maximum Gasteiger partial charge on any atom is 0.310 e. The summed E-state index contributed by atoms with van der Waals surface area (Å²) in [5.41, 5.74) is 0. The summed E-state index contributed by atoms with van der Waals surface area (Å²) in [6.07, 6.45) is -0.537. The topological polar surface area (TPSA) is 83.8 Å². The Morgan fingerprint density at radius 3 is 2.00 bits per heavy atom. The molecule has 1 saturated heterocycles. The SMILES string of the molecule is CC1COC(C)C(C(=O)O)C1C(=O)O. The molecule has 0 saturated carbocycles. The van der Waals surface area contributed by atoms with Crippen molar-refractivity contribution in [2.75, 3.05) is 6.61 Å². The van der Waals surface area contributed by atoms with Crippen molar-refractivity contribution in [3.8, 4) is 0 Å². The smallest absolute Gasteiger partial charge is 0.310 e. The first-order valence-electron chi connectivity index (χ1n) is 4.52. The van der Waals surface area contributed by atoms with Crippen LogP contribution in [-0.2, 0) is 14.3 Å². The predicted octanol–water partition coefficient (Wildman–Crippen LogP) is 0.443. The summed E-state index contributed by atoms with van der Waals surface area (Å²) < 4.78 is 5.20. The van der Waals surface area contributed by atoms with E-state index in [4.69, 9.17) is 14.9 Å². The fourth-order valence-corrected chi connectivity index (χ4v) is 1.91. The lowest BCUT2D eigenvalue weighted by Gasteiger charge is -2.35. The fourth-order valence-electron chi connectivity index (χ4n) is 1.91. The second-order valence-electron chi connectivity index (χ2n) is 3.74. The zero-order valence-electron chi connectivity index (χ0n) is 8.14. The van der Waals surface area contributed by atoms with E-state index in [1.807, 2.05) is 0 Å². The van der Waals surface area contributed by atoms with Gasteiger partial charge in [-0.05, 0) is 12.8 Å². The molecule has 0 aromatic rings. The maximum absolute atomic E-state index is 10.9. The summed E-state index contributed by atoms with van der Waals surface area (Å²) in [7, 11) is 0. The van der Waals surface area contributed by atoms with E-state index in [1.54, 1.807) is 13.8 Å². The van der Waals surface area contributed by atoms with E-state index in [2.05, 4.69) is 0 Å². The Balaban J connectivity index is 2.92. The zero-order chi connectivity index (χ0) is 10.9. The molecule has 1 aliphatic rings. The van der Waals surface area contributed by atoms with Gasteiger partial charge >= 0.3 is 11.9 Å². The lowest BCUT2D eigenvalue weighted by molar-refractivity contribution is -0.173. The van der Waals surface area contributed by atoms with Crippen LogP contribution in [0.15, 0.2) is 0 Å². The molecule has 0 aromatic carbocycles. The summed E-state index contributed by atoms with van der Waals surface area (Å²) in [5, 5.41) is 17.8. The molecule has 5 heteroatoms. The number of carboxylic acids is 2. The van der Waals surface area contributed by atoms with E-state index in [0.717, 1.165) is 0 Å². The monoisotopic (exact) mass is 202 g/mol. The summed E-state index contributed by atoms with van der Waals surface area (Å²) in [5.74, 6) is -4.21. The Morgan fingerprint density at radius 2 is 1.64 bits per heavy atom. The third kappa shape index (κ3) is 1.87. The molecule has 0 radical (unpaired) electrons. The van der Waals surface area contributed by atoms with Gasteiger partial charge in [0.25, 0.3) is 0 Å². The van der Waals surface area contributed by atoms with E-state index in [9.17, 15) is 9.59 Å². The van der Waals surface area contributed by atoms with Crippen LogP contribution in [0.3, 0.4) is 0 Å². The van der Waals surface area contributed by atoms with Gasteiger partial charge in [-0.3, -0.25) is 9.59 Å². The lowest BCUT2D eigenvalue weighted by atomic mass is 9.78. The van der Waals surface area contributed by atoms with Crippen LogP contribution in [-0.4, -0.2) is 34.9 Å². The van der Waals surface area contributed by atoms with Crippen molar-refractivity contribution < 1.29 is 24.5 Å². The molecule has 1 rings (SSSR count). The van der Waals surface area contributed by atoms with Gasteiger partial charge in [-0.1, -0.05) is 6.92 Å². The van der Waals surface area contributed by atoms with Crippen LogP contribution in [0, 0.1) is 17.8 Å². The minimum Gasteiger partial charge on any atom is -0.481 e. The van der Waals surface area contributed by atoms with Crippen molar-refractivity contribution in [2.24, 2.45) is 17.8 Å². The highest BCUT2D eigenvalue weighted by atomic mass is 16.5. The molecule has 1 aliphatic heterocycles. The average Bonchev–Trinajstić information content (AvgIpc) is 2.07. The van der Waals surface area contributed by atoms with Crippen LogP contribution in [0.4, 0.5) is 0 Å². The standard InChI is InChI=1S/C9H14O5/c1-4-3-14-5(2)7(9(12)13)6(4)8(10)11/h4-7H,3H2,1-2H3,(H,10,11)(H,12,13). The number of rotatable bonds is 2. The Morgan fingerprint density at radius 1 is 1.14 bits per heavy atom. The number of ether oxygens (including phenoxy) is 1. The molecule has 5 nitrogen and oxygen atoms in total. The van der Waals surface area contributed by atoms with E-state index in [-0.39, 0.29) is 5.92 Å². The number of hydrogen-bond donors (Lipinski definition) is 2. The normalized spacial score (nSPS) is 37.9. The van der Waals surface area contributed by atoms with E-state index in [1.165, 1.54) is 0 Å². The van der Waals surface area contributed by atoms with E-state index < -0.39 is 29.9 Å². The third-order valence-corrected chi connectivity index (χ3v) is 2.70. The van der Waals surface area contributed by atoms with Crippen molar-refractivity contribution in [1.29, 1.82) is 0 Å². The zero-order valence-corrected chi connectivity index (χ0v) is 8.14. The first-order valence-corrected chi connectivity index (χ1v) is 4.52. The number of aliphatic carboxylic acids is 2. The molecule has 2 N–H and O–H groups in total. The van der Waals surface area contributed by atoms with E-state index >= 15 is 0 Å². The molecule has 0 aliphatic carbocycles. The van der Waals surface area contributed by atoms with Gasteiger partial charge in [0.2, 0.25) is 0 Å². The van der Waals surface area contributed by atoms with Gasteiger partial charge in [0, 0.05) is 0 Å². The Hall–Kier alpha value is -1.10. The highest BCUT2D eigenvalue weighted by Gasteiger charge is 2.45. The molecular formula is C9H14O5. The van der Waals surface area contributed by atoms with Crippen LogP contribution in [0.1, 0.15) is 13.8 Å². The molecule has 4 unspecified atom stereocenters. The molecule has 0 bridgehead atoms. The summed E-state index contributed by atoms with van der Waals surface area (Å²) in [6.45, 7) is 3.60. The van der Waals surface area contributed by atoms with E-state index in [0.29, 0.717) is 6.61 Å². The van der Waals surface area contributed by atoms with Crippen LogP contribution in [0.5, 0.6) is 0 Å². The van der Waals surface area contributed by atoms with Crippen molar-refractivity contribution in [3.63, 3.8) is 0 Å². The average molecular weight is 202 g/mol. The fraction of sp³-hybridized carbons (Fsp3) is 0.778. The molecular weight excluding hydrogens is 188 g/mol. The molecule has 0 spiro atoms. The maximum atomic E-state index is 10.9. The molecule has 1 fully saturated rings. The Kier molecular flexibility index (Phi) is 3.10. The van der Waals surface area contributed by atoms with Crippen molar-refractivity contribution in [2.45, 2.75) is 20.0 Å². The number of carbonyl (C=O) groups is 2. The van der Waals surface area contributed by atoms with Crippen LogP contribution >= 0.6 is 0 Å². The highest BCUT2D eigenvalue weighted by molar-refractivity contribution is 5.80. The predicted molar refractivity (Wildman–Crippen MR) is 46.8 cm³/mol. The second-order valence-corrected chi connectivity index (χ2v) is 3.74. The van der Waals surface area contributed by atoms with Gasteiger partial charge in [-0.15, -0.1) is 0 Å². The molecule has 1 heterocycles. The van der Waals surface area contributed by atoms with Gasteiger partial charge in [0.05, 0.1) is 24.5 Å². The Bertz CT molecular complexity index is 224. The quantitative estimate of drug-likeness (QED) is 0.678. The minimum atomic E-state index is -1.10. The van der Waals surface area contributed by atoms with Crippen molar-refractivity contribution in [3.05, 3.63) is 0 Å². The molecule has 4 atom stereocenters. The van der Waals surface area contributed by atoms with Crippen molar-refractivity contribution >= 4 is 11.9 Å². The number of carboxylic acid groups (broad SMARTS) is 2. The third-order valence-electron chi connectivity index (χ3n) is 2.70. The molecule has 0 aromatic heterocycles.